The van der Waals surface area contributed by atoms with Crippen LogP contribution >= 0.6 is 0 Å². The second kappa shape index (κ2) is 7.81. The third-order valence-electron chi connectivity index (χ3n) is 3.60. The molecule has 0 amide bonds. The van der Waals surface area contributed by atoms with Crippen LogP contribution in [0.5, 0.6) is 5.75 Å². The van der Waals surface area contributed by atoms with Crippen LogP contribution in [0.1, 0.15) is 58.6 Å². The van der Waals surface area contributed by atoms with E-state index in [0.717, 1.165) is 25.2 Å². The summed E-state index contributed by atoms with van der Waals surface area (Å²) in [5.41, 5.74) is 2.38. The minimum absolute atomic E-state index is 0.0158. The van der Waals surface area contributed by atoms with Gasteiger partial charge in [-0.15, -0.1) is 0 Å². The maximum absolute atomic E-state index is 9.71. The molecule has 3 nitrogen and oxygen atoms in total. The number of aryl methyl sites for hydroxylation is 1. The normalized spacial score (nSPS) is 14.8. The van der Waals surface area contributed by atoms with E-state index in [4.69, 9.17) is 4.74 Å². The van der Waals surface area contributed by atoms with Crippen LogP contribution in [0.15, 0.2) is 18.2 Å². The fourth-order valence-corrected chi connectivity index (χ4v) is 2.21. The number of ether oxygens (including phenoxy) is 1. The molecule has 0 spiro atoms. The highest BCUT2D eigenvalue weighted by molar-refractivity contribution is 5.41. The average molecular weight is 294 g/mol. The number of benzene rings is 1. The van der Waals surface area contributed by atoms with Gasteiger partial charge in [-0.25, -0.2) is 0 Å². The van der Waals surface area contributed by atoms with Gasteiger partial charge in [0.05, 0.1) is 18.8 Å². The third kappa shape index (κ3) is 5.68. The third-order valence-corrected chi connectivity index (χ3v) is 3.60. The lowest BCUT2D eigenvalue weighted by molar-refractivity contribution is 0.0265. The zero-order chi connectivity index (χ0) is 16.0. The molecule has 2 atom stereocenters. The Hall–Kier alpha value is -1.06. The molecular weight excluding hydrogens is 264 g/mol. The molecule has 3 heteroatoms. The predicted molar refractivity (Wildman–Crippen MR) is 86.9 cm³/mol. The first-order valence-corrected chi connectivity index (χ1v) is 7.88. The van der Waals surface area contributed by atoms with Gasteiger partial charge in [-0.3, -0.25) is 0 Å². The number of hydrogen-bond acceptors (Lipinski definition) is 3. The smallest absolute Gasteiger partial charge is 0.123 e. The summed E-state index contributed by atoms with van der Waals surface area (Å²) < 4.78 is 5.84. The van der Waals surface area contributed by atoms with E-state index in [1.165, 1.54) is 11.1 Å². The average Bonchev–Trinajstić information content (AvgIpc) is 2.41. The van der Waals surface area contributed by atoms with Crippen molar-refractivity contribution < 1.29 is 14.9 Å². The van der Waals surface area contributed by atoms with E-state index in [1.807, 2.05) is 6.07 Å². The summed E-state index contributed by atoms with van der Waals surface area (Å²) in [6.45, 7) is 11.0. The van der Waals surface area contributed by atoms with Gasteiger partial charge in [0, 0.05) is 0 Å². The van der Waals surface area contributed by atoms with Crippen LogP contribution in [0.25, 0.3) is 0 Å². The monoisotopic (exact) mass is 294 g/mol. The molecule has 0 heterocycles. The van der Waals surface area contributed by atoms with Crippen molar-refractivity contribution >= 4 is 0 Å². The fourth-order valence-electron chi connectivity index (χ4n) is 2.21. The summed E-state index contributed by atoms with van der Waals surface area (Å²) >= 11 is 0. The van der Waals surface area contributed by atoms with Crippen molar-refractivity contribution in [3.63, 3.8) is 0 Å². The first-order valence-electron chi connectivity index (χ1n) is 7.88. The minimum Gasteiger partial charge on any atom is -0.493 e. The van der Waals surface area contributed by atoms with Crippen LogP contribution in [0.2, 0.25) is 0 Å². The van der Waals surface area contributed by atoms with Crippen LogP contribution in [0, 0.1) is 0 Å². The van der Waals surface area contributed by atoms with Crippen LogP contribution in [-0.2, 0) is 11.8 Å². The van der Waals surface area contributed by atoms with Gasteiger partial charge in [0.2, 0.25) is 0 Å². The van der Waals surface area contributed by atoms with Gasteiger partial charge in [0.25, 0.3) is 0 Å². The van der Waals surface area contributed by atoms with E-state index in [-0.39, 0.29) is 5.41 Å². The predicted octanol–water partition coefficient (Wildman–Crippen LogP) is 3.45. The second-order valence-corrected chi connectivity index (χ2v) is 6.78. The molecule has 2 unspecified atom stereocenters. The molecule has 0 aliphatic heterocycles. The van der Waals surface area contributed by atoms with E-state index >= 15 is 0 Å². The molecule has 0 radical (unpaired) electrons. The van der Waals surface area contributed by atoms with Crippen molar-refractivity contribution in [1.82, 2.24) is 0 Å². The van der Waals surface area contributed by atoms with Gasteiger partial charge >= 0.3 is 0 Å². The van der Waals surface area contributed by atoms with Gasteiger partial charge in [0.1, 0.15) is 5.75 Å². The lowest BCUT2D eigenvalue weighted by atomic mass is 9.84. The molecule has 1 rings (SSSR count). The highest BCUT2D eigenvalue weighted by Crippen LogP contribution is 2.32. The van der Waals surface area contributed by atoms with Gasteiger partial charge in [-0.2, -0.15) is 0 Å². The maximum Gasteiger partial charge on any atom is 0.123 e. The zero-order valence-electron chi connectivity index (χ0n) is 14.0. The van der Waals surface area contributed by atoms with Gasteiger partial charge in [-0.05, 0) is 48.8 Å². The van der Waals surface area contributed by atoms with Crippen LogP contribution in [0.3, 0.4) is 0 Å². The number of rotatable bonds is 7. The van der Waals surface area contributed by atoms with Crippen molar-refractivity contribution in [3.8, 4) is 5.75 Å². The lowest BCUT2D eigenvalue weighted by Crippen LogP contribution is -2.23. The van der Waals surface area contributed by atoms with Crippen molar-refractivity contribution in [3.05, 3.63) is 29.3 Å². The van der Waals surface area contributed by atoms with E-state index < -0.39 is 12.2 Å². The molecule has 0 saturated heterocycles. The van der Waals surface area contributed by atoms with Gasteiger partial charge in [-0.1, -0.05) is 39.8 Å². The Bertz CT molecular complexity index is 433. The molecule has 0 aliphatic carbocycles. The summed E-state index contributed by atoms with van der Waals surface area (Å²) in [7, 11) is 0. The molecule has 21 heavy (non-hydrogen) atoms. The standard InChI is InChI=1S/C18H30O3/c1-6-11-21-17-10-8-14(7-9-16(20)13(2)19)12-15(17)18(3,4)5/h8,10,12-13,16,19-20H,6-7,9,11H2,1-5H3. The van der Waals surface area contributed by atoms with E-state index in [9.17, 15) is 10.2 Å². The molecule has 0 aliphatic rings. The molecule has 2 N–H and O–H groups in total. The van der Waals surface area contributed by atoms with Gasteiger partial charge in [0.15, 0.2) is 0 Å². The Balaban J connectivity index is 2.89. The zero-order valence-corrected chi connectivity index (χ0v) is 14.0. The van der Waals surface area contributed by atoms with Crippen LogP contribution in [0.4, 0.5) is 0 Å². The summed E-state index contributed by atoms with van der Waals surface area (Å²) in [5, 5.41) is 19.1. The Morgan fingerprint density at radius 2 is 1.86 bits per heavy atom. The van der Waals surface area contributed by atoms with E-state index in [1.54, 1.807) is 6.92 Å². The molecule has 0 bridgehead atoms. The topological polar surface area (TPSA) is 49.7 Å². The molecule has 0 aromatic heterocycles. The largest absolute Gasteiger partial charge is 0.493 e. The molecule has 0 fully saturated rings. The van der Waals surface area contributed by atoms with Crippen molar-refractivity contribution in [2.75, 3.05) is 6.61 Å². The summed E-state index contributed by atoms with van der Waals surface area (Å²) in [6, 6.07) is 6.25. The Kier molecular flexibility index (Phi) is 6.69. The lowest BCUT2D eigenvalue weighted by Gasteiger charge is -2.24. The highest BCUT2D eigenvalue weighted by atomic mass is 16.5. The minimum atomic E-state index is -0.681. The molecule has 120 valence electrons. The number of aliphatic hydroxyl groups excluding tert-OH is 2. The number of hydrogen-bond donors (Lipinski definition) is 2. The van der Waals surface area contributed by atoms with Crippen molar-refractivity contribution in [2.45, 2.75) is 71.5 Å². The SMILES string of the molecule is CCCOc1ccc(CCC(O)C(C)O)cc1C(C)(C)C. The summed E-state index contributed by atoms with van der Waals surface area (Å²) in [4.78, 5) is 0. The summed E-state index contributed by atoms with van der Waals surface area (Å²) in [6.07, 6.45) is 0.962. The number of aliphatic hydroxyl groups is 2. The Morgan fingerprint density at radius 1 is 1.19 bits per heavy atom. The highest BCUT2D eigenvalue weighted by Gasteiger charge is 2.20. The Morgan fingerprint density at radius 3 is 2.38 bits per heavy atom. The quantitative estimate of drug-likeness (QED) is 0.810. The molecule has 0 saturated carbocycles. The first-order chi connectivity index (χ1) is 9.75. The Labute approximate surface area is 129 Å². The van der Waals surface area contributed by atoms with Crippen molar-refractivity contribution in [1.29, 1.82) is 0 Å². The van der Waals surface area contributed by atoms with Gasteiger partial charge < -0.3 is 14.9 Å². The van der Waals surface area contributed by atoms with E-state index in [0.29, 0.717) is 6.42 Å². The van der Waals surface area contributed by atoms with Crippen LogP contribution in [-0.4, -0.2) is 29.0 Å². The summed E-state index contributed by atoms with van der Waals surface area (Å²) in [5.74, 6) is 0.948. The van der Waals surface area contributed by atoms with Crippen LogP contribution < -0.4 is 4.74 Å². The fraction of sp³-hybridized carbons (Fsp3) is 0.667. The van der Waals surface area contributed by atoms with E-state index in [2.05, 4.69) is 39.8 Å². The maximum atomic E-state index is 9.71. The molecule has 1 aromatic carbocycles. The molecule has 1 aromatic rings. The van der Waals surface area contributed by atoms with Crippen molar-refractivity contribution in [2.24, 2.45) is 0 Å². The second-order valence-electron chi connectivity index (χ2n) is 6.78. The molecular formula is C18H30O3. The first kappa shape index (κ1) is 18.0.